The van der Waals surface area contributed by atoms with Crippen molar-refractivity contribution in [3.05, 3.63) is 0 Å². The van der Waals surface area contributed by atoms with E-state index in [1.54, 1.807) is 0 Å². The summed E-state index contributed by atoms with van der Waals surface area (Å²) in [5, 5.41) is 54.5. The highest BCUT2D eigenvalue weighted by Gasteiger charge is 2.48. The second-order valence-corrected chi connectivity index (χ2v) is 13.3. The Kier molecular flexibility index (Phi) is 22.7. The van der Waals surface area contributed by atoms with Gasteiger partial charge < -0.3 is 40.3 Å². The van der Waals surface area contributed by atoms with Gasteiger partial charge in [-0.15, -0.1) is 0 Å². The van der Waals surface area contributed by atoms with Gasteiger partial charge in [-0.2, -0.15) is 8.42 Å². The van der Waals surface area contributed by atoms with Gasteiger partial charge in [-0.3, -0.25) is 9.35 Å². The number of hydrogen-bond donors (Lipinski definition) is 7. The Bertz CT molecular complexity index is 864. The summed E-state index contributed by atoms with van der Waals surface area (Å²) in [6.07, 6.45) is 6.47. The van der Waals surface area contributed by atoms with Gasteiger partial charge in [0.05, 0.1) is 25.4 Å². The summed E-state index contributed by atoms with van der Waals surface area (Å²) < 4.78 is 47.0. The molecule has 1 saturated heterocycles. The number of carbonyl (C=O) groups excluding carboxylic acids is 1. The Morgan fingerprint density at radius 2 is 1.29 bits per heavy atom. The van der Waals surface area contributed by atoms with Crippen LogP contribution in [0.2, 0.25) is 0 Å². The van der Waals surface area contributed by atoms with Gasteiger partial charge in [0, 0.05) is 0 Å². The Balaban J connectivity index is 2.77. The first-order valence-corrected chi connectivity index (χ1v) is 18.4. The molecule has 45 heavy (non-hydrogen) atoms. The van der Waals surface area contributed by atoms with Crippen LogP contribution in [-0.4, -0.2) is 107 Å². The van der Waals surface area contributed by atoms with Gasteiger partial charge in [0.1, 0.15) is 30.5 Å². The van der Waals surface area contributed by atoms with Gasteiger partial charge in [-0.1, -0.05) is 117 Å². The van der Waals surface area contributed by atoms with Crippen molar-refractivity contribution in [3.8, 4) is 0 Å². The molecular weight excluding hydrogens is 610 g/mol. The molecule has 0 saturated carbocycles. The Labute approximate surface area is 270 Å². The average Bonchev–Trinajstić information content (AvgIpc) is 2.99. The van der Waals surface area contributed by atoms with Crippen molar-refractivity contribution in [2.75, 3.05) is 13.2 Å². The van der Waals surface area contributed by atoms with Crippen LogP contribution in [0.5, 0.6) is 0 Å². The molecule has 0 aliphatic carbocycles. The third kappa shape index (κ3) is 18.3. The summed E-state index contributed by atoms with van der Waals surface area (Å²) in [6, 6.07) is -1.02. The first-order valence-electron chi connectivity index (χ1n) is 17.0. The van der Waals surface area contributed by atoms with Gasteiger partial charge in [-0.05, 0) is 12.8 Å². The van der Waals surface area contributed by atoms with Crippen molar-refractivity contribution in [1.29, 1.82) is 0 Å². The Hall–Kier alpha value is -0.940. The number of nitrogens with one attached hydrogen (secondary N) is 1. The zero-order valence-corrected chi connectivity index (χ0v) is 28.1. The van der Waals surface area contributed by atoms with Gasteiger partial charge in [0.2, 0.25) is 5.91 Å². The normalized spacial score (nSPS) is 24.3. The monoisotopic (exact) mass is 671 g/mol. The number of aliphatic hydroxyl groups is 5. The third-order valence-corrected chi connectivity index (χ3v) is 8.74. The lowest BCUT2D eigenvalue weighted by Crippen LogP contribution is -2.61. The van der Waals surface area contributed by atoms with E-state index >= 15 is 0 Å². The van der Waals surface area contributed by atoms with E-state index in [-0.39, 0.29) is 6.42 Å². The fourth-order valence-corrected chi connectivity index (χ4v) is 5.97. The van der Waals surface area contributed by atoms with E-state index in [0.717, 1.165) is 44.9 Å². The molecule has 1 fully saturated rings. The van der Waals surface area contributed by atoms with E-state index in [0.29, 0.717) is 19.3 Å². The first kappa shape index (κ1) is 42.1. The lowest BCUT2D eigenvalue weighted by atomic mass is 9.99. The highest BCUT2D eigenvalue weighted by Crippen LogP contribution is 2.26. The SMILES string of the molecule is CCCCCCCCCCC(O)C(=O)NC(COC1OC(CO)C(O)C(OS(=O)(=O)O)C1O)C(O)CCCCCCCCCC. The molecule has 268 valence electrons. The summed E-state index contributed by atoms with van der Waals surface area (Å²) in [4.78, 5) is 12.9. The maximum absolute atomic E-state index is 12.9. The lowest BCUT2D eigenvalue weighted by Gasteiger charge is -2.41. The van der Waals surface area contributed by atoms with Crippen LogP contribution < -0.4 is 5.32 Å². The largest absolute Gasteiger partial charge is 0.397 e. The molecule has 13 nitrogen and oxygen atoms in total. The Morgan fingerprint density at radius 1 is 0.800 bits per heavy atom. The quantitative estimate of drug-likeness (QED) is 0.0496. The van der Waals surface area contributed by atoms with Crippen LogP contribution in [0.1, 0.15) is 129 Å². The van der Waals surface area contributed by atoms with Crippen LogP contribution >= 0.6 is 0 Å². The molecule has 14 heteroatoms. The summed E-state index contributed by atoms with van der Waals surface area (Å²) in [7, 11) is -5.09. The van der Waals surface area contributed by atoms with E-state index in [2.05, 4.69) is 23.3 Å². The van der Waals surface area contributed by atoms with E-state index in [4.69, 9.17) is 14.0 Å². The van der Waals surface area contributed by atoms with Crippen molar-refractivity contribution in [1.82, 2.24) is 5.32 Å². The highest BCUT2D eigenvalue weighted by atomic mass is 32.3. The third-order valence-electron chi connectivity index (χ3n) is 8.27. The molecule has 0 aromatic rings. The topological polar surface area (TPSA) is 212 Å². The van der Waals surface area contributed by atoms with Crippen LogP contribution in [0.4, 0.5) is 0 Å². The van der Waals surface area contributed by atoms with Crippen molar-refractivity contribution < 1.29 is 57.0 Å². The molecule has 0 bridgehead atoms. The molecular formula is C31H61NO12S. The first-order chi connectivity index (χ1) is 21.4. The molecule has 1 amide bonds. The van der Waals surface area contributed by atoms with E-state index < -0.39 is 78.5 Å². The number of rotatable bonds is 27. The van der Waals surface area contributed by atoms with E-state index in [1.807, 2.05) is 0 Å². The zero-order valence-electron chi connectivity index (χ0n) is 27.3. The standard InChI is InChI=1S/C31H61NO12S/c1-3-5-7-9-11-13-15-17-19-24(34)23(32-30(38)25(35)20-18-16-14-12-10-8-6-4-2)22-42-31-28(37)29(44-45(39,40)41)27(36)26(21-33)43-31/h23-29,31,33-37H,3-22H2,1-2H3,(H,32,38)(H,39,40,41). The van der Waals surface area contributed by atoms with Gasteiger partial charge in [0.15, 0.2) is 6.29 Å². The second kappa shape index (κ2) is 24.2. The molecule has 1 aliphatic heterocycles. The zero-order chi connectivity index (χ0) is 33.7. The van der Waals surface area contributed by atoms with Crippen molar-refractivity contribution in [2.24, 2.45) is 0 Å². The number of carbonyl (C=O) groups is 1. The van der Waals surface area contributed by atoms with Crippen molar-refractivity contribution >= 4 is 16.3 Å². The molecule has 7 N–H and O–H groups in total. The molecule has 0 spiro atoms. The predicted molar refractivity (Wildman–Crippen MR) is 169 cm³/mol. The number of unbranched alkanes of at least 4 members (excludes halogenated alkanes) is 14. The van der Waals surface area contributed by atoms with Crippen molar-refractivity contribution in [2.45, 2.75) is 178 Å². The lowest BCUT2D eigenvalue weighted by molar-refractivity contribution is -0.298. The molecule has 1 heterocycles. The van der Waals surface area contributed by atoms with Crippen molar-refractivity contribution in [3.63, 3.8) is 0 Å². The summed E-state index contributed by atoms with van der Waals surface area (Å²) >= 11 is 0. The van der Waals surface area contributed by atoms with Crippen LogP contribution in [0.15, 0.2) is 0 Å². The van der Waals surface area contributed by atoms with Gasteiger partial charge in [0.25, 0.3) is 0 Å². The summed E-state index contributed by atoms with van der Waals surface area (Å²) in [5.41, 5.74) is 0. The smallest absolute Gasteiger partial charge is 0.394 e. The van der Waals surface area contributed by atoms with E-state index in [1.165, 1.54) is 44.9 Å². The van der Waals surface area contributed by atoms with Crippen LogP contribution in [0.3, 0.4) is 0 Å². The fraction of sp³-hybridized carbons (Fsp3) is 0.968. The Morgan fingerprint density at radius 3 is 1.78 bits per heavy atom. The number of hydrogen-bond acceptors (Lipinski definition) is 11. The predicted octanol–water partition coefficient (Wildman–Crippen LogP) is 2.90. The molecule has 0 radical (unpaired) electrons. The number of aliphatic hydroxyl groups excluding tert-OH is 5. The van der Waals surface area contributed by atoms with Gasteiger partial charge >= 0.3 is 10.4 Å². The molecule has 8 atom stereocenters. The van der Waals surface area contributed by atoms with Crippen LogP contribution in [-0.2, 0) is 28.9 Å². The average molecular weight is 672 g/mol. The van der Waals surface area contributed by atoms with Crippen LogP contribution in [0.25, 0.3) is 0 Å². The minimum Gasteiger partial charge on any atom is -0.394 e. The summed E-state index contributed by atoms with van der Waals surface area (Å²) in [5.74, 6) is -0.678. The second-order valence-electron chi connectivity index (χ2n) is 12.3. The molecule has 0 aromatic heterocycles. The molecule has 1 rings (SSSR count). The minimum absolute atomic E-state index is 0.262. The summed E-state index contributed by atoms with van der Waals surface area (Å²) in [6.45, 7) is 3.13. The molecule has 0 aromatic carbocycles. The van der Waals surface area contributed by atoms with E-state index in [9.17, 15) is 38.7 Å². The minimum atomic E-state index is -5.09. The van der Waals surface area contributed by atoms with Crippen LogP contribution in [0, 0.1) is 0 Å². The number of ether oxygens (including phenoxy) is 2. The maximum atomic E-state index is 12.9. The number of amides is 1. The fourth-order valence-electron chi connectivity index (χ4n) is 5.46. The maximum Gasteiger partial charge on any atom is 0.397 e. The molecule has 8 unspecified atom stereocenters. The highest BCUT2D eigenvalue weighted by molar-refractivity contribution is 7.80. The van der Waals surface area contributed by atoms with Gasteiger partial charge in [-0.25, -0.2) is 4.18 Å². The molecule has 1 aliphatic rings.